The third kappa shape index (κ3) is 2.86. The van der Waals surface area contributed by atoms with Gasteiger partial charge in [-0.3, -0.25) is 10.1 Å². The van der Waals surface area contributed by atoms with E-state index in [9.17, 15) is 15.2 Å². The number of benzene rings is 2. The average Bonchev–Trinajstić information content (AvgIpc) is 2.99. The molecule has 1 N–H and O–H groups in total. The number of rotatable bonds is 4. The lowest BCUT2D eigenvalue weighted by Crippen LogP contribution is -2.25. The maximum Gasteiger partial charge on any atom is 0.269 e. The van der Waals surface area contributed by atoms with Crippen molar-refractivity contribution in [3.05, 3.63) is 69.8 Å². The van der Waals surface area contributed by atoms with Crippen molar-refractivity contribution in [1.82, 2.24) is 0 Å². The van der Waals surface area contributed by atoms with E-state index in [0.717, 1.165) is 5.56 Å². The molecule has 0 fully saturated rings. The van der Waals surface area contributed by atoms with Crippen LogP contribution >= 0.6 is 0 Å². The second-order valence-electron chi connectivity index (χ2n) is 5.13. The van der Waals surface area contributed by atoms with E-state index < -0.39 is 10.7 Å². The predicted octanol–water partition coefficient (Wildman–Crippen LogP) is 2.57. The Morgan fingerprint density at radius 1 is 1.30 bits per heavy atom. The van der Waals surface area contributed by atoms with Gasteiger partial charge in [0, 0.05) is 17.7 Å². The minimum atomic E-state index is -1.71. The summed E-state index contributed by atoms with van der Waals surface area (Å²) in [6.45, 7) is 0. The van der Waals surface area contributed by atoms with E-state index in [1.165, 1.54) is 18.2 Å². The van der Waals surface area contributed by atoms with Gasteiger partial charge in [0.05, 0.1) is 24.2 Å². The van der Waals surface area contributed by atoms with Crippen LogP contribution in [0.2, 0.25) is 0 Å². The third-order valence-corrected chi connectivity index (χ3v) is 3.65. The molecule has 0 aromatic heterocycles. The molecule has 2 aromatic carbocycles. The van der Waals surface area contributed by atoms with Gasteiger partial charge < -0.3 is 14.7 Å². The maximum absolute atomic E-state index is 10.9. The zero-order chi connectivity index (χ0) is 16.4. The topological polar surface area (TPSA) is 94.2 Å². The van der Waals surface area contributed by atoms with Crippen LogP contribution in [0.4, 0.5) is 5.69 Å². The smallest absolute Gasteiger partial charge is 0.269 e. The second-order valence-corrected chi connectivity index (χ2v) is 5.13. The summed E-state index contributed by atoms with van der Waals surface area (Å²) in [6, 6.07) is 12.9. The summed E-state index contributed by atoms with van der Waals surface area (Å²) in [5.41, 5.74) is 1.52. The lowest BCUT2D eigenvalue weighted by atomic mass is 9.97. The first-order chi connectivity index (χ1) is 11.0. The first-order valence-corrected chi connectivity index (χ1v) is 6.88. The summed E-state index contributed by atoms with van der Waals surface area (Å²) in [5, 5.41) is 25.4. The molecule has 1 aliphatic rings. The molecule has 1 atom stereocenters. The standard InChI is InChI=1S/C16H14N2O5/c1-22-14-7-5-11(6-8-14)15-10-16(19,23-17-15)12-3-2-4-13(9-12)18(20)21/h2-9,19H,10H2,1H3. The van der Waals surface area contributed by atoms with Gasteiger partial charge in [-0.25, -0.2) is 0 Å². The summed E-state index contributed by atoms with van der Waals surface area (Å²) in [5.74, 6) is -0.997. The maximum atomic E-state index is 10.9. The van der Waals surface area contributed by atoms with Crippen molar-refractivity contribution >= 4 is 11.4 Å². The number of ether oxygens (including phenoxy) is 1. The molecule has 2 aromatic rings. The van der Waals surface area contributed by atoms with E-state index in [1.807, 2.05) is 0 Å². The van der Waals surface area contributed by atoms with Crippen LogP contribution < -0.4 is 4.74 Å². The fourth-order valence-electron chi connectivity index (χ4n) is 2.38. The van der Waals surface area contributed by atoms with E-state index in [1.54, 1.807) is 37.4 Å². The third-order valence-electron chi connectivity index (χ3n) is 3.65. The summed E-state index contributed by atoms with van der Waals surface area (Å²) in [6.07, 6.45) is 0.0977. The minimum Gasteiger partial charge on any atom is -0.497 e. The molecule has 7 nitrogen and oxygen atoms in total. The number of nitro benzene ring substituents is 1. The summed E-state index contributed by atoms with van der Waals surface area (Å²) in [4.78, 5) is 15.5. The van der Waals surface area contributed by atoms with Gasteiger partial charge in [-0.2, -0.15) is 0 Å². The number of oxime groups is 1. The lowest BCUT2D eigenvalue weighted by molar-refractivity contribution is -0.385. The molecule has 3 rings (SSSR count). The second kappa shape index (κ2) is 5.69. The van der Waals surface area contributed by atoms with Crippen LogP contribution in [0.1, 0.15) is 17.5 Å². The van der Waals surface area contributed by atoms with Gasteiger partial charge in [0.25, 0.3) is 11.5 Å². The number of hydrogen-bond donors (Lipinski definition) is 1. The molecule has 0 saturated heterocycles. The van der Waals surface area contributed by atoms with E-state index in [0.29, 0.717) is 17.0 Å². The molecular weight excluding hydrogens is 300 g/mol. The SMILES string of the molecule is COc1ccc(C2=NOC(O)(c3cccc([N+](=O)[O-])c3)C2)cc1. The average molecular weight is 314 g/mol. The Labute approximate surface area is 131 Å². The van der Waals surface area contributed by atoms with Crippen LogP contribution in [-0.4, -0.2) is 22.9 Å². The molecule has 1 aliphatic heterocycles. The van der Waals surface area contributed by atoms with Crippen molar-refractivity contribution in [1.29, 1.82) is 0 Å². The van der Waals surface area contributed by atoms with Crippen molar-refractivity contribution in [3.63, 3.8) is 0 Å². The van der Waals surface area contributed by atoms with E-state index in [-0.39, 0.29) is 12.1 Å². The molecule has 7 heteroatoms. The predicted molar refractivity (Wildman–Crippen MR) is 82.2 cm³/mol. The molecule has 0 amide bonds. The van der Waals surface area contributed by atoms with Gasteiger partial charge in [-0.15, -0.1) is 0 Å². The van der Waals surface area contributed by atoms with Crippen molar-refractivity contribution in [2.75, 3.05) is 7.11 Å². The lowest BCUT2D eigenvalue weighted by Gasteiger charge is -2.19. The Hall–Kier alpha value is -2.93. The highest BCUT2D eigenvalue weighted by Gasteiger charge is 2.40. The van der Waals surface area contributed by atoms with Gasteiger partial charge >= 0.3 is 0 Å². The van der Waals surface area contributed by atoms with Crippen LogP contribution in [0.3, 0.4) is 0 Å². The fourth-order valence-corrected chi connectivity index (χ4v) is 2.38. The molecule has 23 heavy (non-hydrogen) atoms. The molecular formula is C16H14N2O5. The first-order valence-electron chi connectivity index (χ1n) is 6.88. The molecule has 1 heterocycles. The Balaban J connectivity index is 1.84. The largest absolute Gasteiger partial charge is 0.497 e. The number of non-ortho nitro benzene ring substituents is 1. The van der Waals surface area contributed by atoms with Gasteiger partial charge in [0.15, 0.2) is 0 Å². The van der Waals surface area contributed by atoms with E-state index in [4.69, 9.17) is 9.57 Å². The van der Waals surface area contributed by atoms with Gasteiger partial charge in [-0.05, 0) is 29.8 Å². The number of nitrogens with zero attached hydrogens (tertiary/aromatic N) is 2. The van der Waals surface area contributed by atoms with Gasteiger partial charge in [0.1, 0.15) is 5.75 Å². The van der Waals surface area contributed by atoms with Crippen LogP contribution in [0.25, 0.3) is 0 Å². The number of methoxy groups -OCH3 is 1. The molecule has 0 saturated carbocycles. The van der Waals surface area contributed by atoms with Crippen molar-refractivity contribution in [3.8, 4) is 5.75 Å². The van der Waals surface area contributed by atoms with Crippen LogP contribution in [0.15, 0.2) is 53.7 Å². The Morgan fingerprint density at radius 2 is 2.04 bits per heavy atom. The summed E-state index contributed by atoms with van der Waals surface area (Å²) >= 11 is 0. The van der Waals surface area contributed by atoms with Crippen LogP contribution in [-0.2, 0) is 10.6 Å². The Kier molecular flexibility index (Phi) is 3.71. The highest BCUT2D eigenvalue weighted by Crippen LogP contribution is 2.35. The Bertz CT molecular complexity index is 772. The summed E-state index contributed by atoms with van der Waals surface area (Å²) < 4.78 is 5.09. The quantitative estimate of drug-likeness (QED) is 0.691. The van der Waals surface area contributed by atoms with E-state index in [2.05, 4.69) is 5.16 Å². The molecule has 0 spiro atoms. The summed E-state index contributed by atoms with van der Waals surface area (Å²) in [7, 11) is 1.58. The highest BCUT2D eigenvalue weighted by molar-refractivity contribution is 6.01. The van der Waals surface area contributed by atoms with Gasteiger partial charge in [-0.1, -0.05) is 17.3 Å². The minimum absolute atomic E-state index is 0.0977. The Morgan fingerprint density at radius 3 is 2.70 bits per heavy atom. The molecule has 0 radical (unpaired) electrons. The zero-order valence-electron chi connectivity index (χ0n) is 12.3. The van der Waals surface area contributed by atoms with Crippen molar-refractivity contribution in [2.24, 2.45) is 5.16 Å². The molecule has 0 aliphatic carbocycles. The van der Waals surface area contributed by atoms with Crippen LogP contribution in [0.5, 0.6) is 5.75 Å². The monoisotopic (exact) mass is 314 g/mol. The number of hydrogen-bond acceptors (Lipinski definition) is 6. The van der Waals surface area contributed by atoms with Gasteiger partial charge in [0.2, 0.25) is 0 Å². The van der Waals surface area contributed by atoms with Crippen LogP contribution in [0, 0.1) is 10.1 Å². The molecule has 118 valence electrons. The molecule has 1 unspecified atom stereocenters. The highest BCUT2D eigenvalue weighted by atomic mass is 16.7. The first kappa shape index (κ1) is 15.0. The fraction of sp³-hybridized carbons (Fsp3) is 0.188. The normalized spacial score (nSPS) is 19.8. The number of aliphatic hydroxyl groups is 1. The molecule has 0 bridgehead atoms. The van der Waals surface area contributed by atoms with E-state index >= 15 is 0 Å². The number of nitro groups is 1. The van der Waals surface area contributed by atoms with Crippen molar-refractivity contribution in [2.45, 2.75) is 12.2 Å². The van der Waals surface area contributed by atoms with Crippen molar-refractivity contribution < 1.29 is 19.6 Å². The zero-order valence-corrected chi connectivity index (χ0v) is 12.3.